The Morgan fingerprint density at radius 3 is 2.41 bits per heavy atom. The highest BCUT2D eigenvalue weighted by molar-refractivity contribution is 5.02. The van der Waals surface area contributed by atoms with Gasteiger partial charge in [-0.25, -0.2) is 0 Å². The number of hydrogen-bond acceptors (Lipinski definition) is 2. The van der Waals surface area contributed by atoms with Crippen LogP contribution in [0.5, 0.6) is 0 Å². The Morgan fingerprint density at radius 2 is 1.94 bits per heavy atom. The molecular formula is C15H27NO. The summed E-state index contributed by atoms with van der Waals surface area (Å²) in [7, 11) is 0. The van der Waals surface area contributed by atoms with Crippen LogP contribution >= 0.6 is 0 Å². The van der Waals surface area contributed by atoms with E-state index >= 15 is 0 Å². The molecule has 5 unspecified atom stereocenters. The van der Waals surface area contributed by atoms with Gasteiger partial charge in [0.1, 0.15) is 0 Å². The van der Waals surface area contributed by atoms with Crippen LogP contribution < -0.4 is 5.32 Å². The second-order valence-electron chi connectivity index (χ2n) is 5.17. The van der Waals surface area contributed by atoms with E-state index in [-0.39, 0.29) is 0 Å². The summed E-state index contributed by atoms with van der Waals surface area (Å²) in [5, 5.41) is 3.65. The first-order valence-electron chi connectivity index (χ1n) is 6.90. The maximum absolute atomic E-state index is 5.94. The first-order chi connectivity index (χ1) is 8.11. The van der Waals surface area contributed by atoms with Crippen molar-refractivity contribution in [3.05, 3.63) is 0 Å². The molecule has 1 saturated heterocycles. The maximum atomic E-state index is 5.94. The summed E-state index contributed by atoms with van der Waals surface area (Å²) >= 11 is 0. The smallest absolute Gasteiger partial charge is 0.0597 e. The largest absolute Gasteiger partial charge is 0.375 e. The predicted octanol–water partition coefficient (Wildman–Crippen LogP) is 2.83. The molecule has 2 heteroatoms. The number of ether oxygens (including phenoxy) is 1. The fraction of sp³-hybridized carbons (Fsp3) is 0.867. The Bertz CT molecular complexity index is 278. The molecule has 17 heavy (non-hydrogen) atoms. The minimum absolute atomic E-state index is 0.341. The van der Waals surface area contributed by atoms with Crippen LogP contribution in [0.25, 0.3) is 0 Å². The van der Waals surface area contributed by atoms with Crippen LogP contribution in [0.1, 0.15) is 47.5 Å². The molecule has 1 heterocycles. The molecule has 0 aromatic rings. The summed E-state index contributed by atoms with van der Waals surface area (Å²) < 4.78 is 5.94. The van der Waals surface area contributed by atoms with Crippen LogP contribution in [0.4, 0.5) is 0 Å². The average Bonchev–Trinajstić information content (AvgIpc) is 2.55. The molecule has 2 nitrogen and oxygen atoms in total. The molecule has 0 aromatic heterocycles. The van der Waals surface area contributed by atoms with Gasteiger partial charge in [0, 0.05) is 18.4 Å². The van der Waals surface area contributed by atoms with E-state index in [4.69, 9.17) is 4.74 Å². The van der Waals surface area contributed by atoms with Crippen LogP contribution in [0.15, 0.2) is 0 Å². The van der Waals surface area contributed by atoms with Gasteiger partial charge in [-0.3, -0.25) is 0 Å². The minimum Gasteiger partial charge on any atom is -0.375 e. The third-order valence-corrected chi connectivity index (χ3v) is 3.94. The minimum atomic E-state index is 0.341. The molecule has 0 aromatic carbocycles. The van der Waals surface area contributed by atoms with Crippen molar-refractivity contribution >= 4 is 0 Å². The van der Waals surface area contributed by atoms with Crippen LogP contribution in [0.2, 0.25) is 0 Å². The monoisotopic (exact) mass is 237 g/mol. The van der Waals surface area contributed by atoms with Crippen LogP contribution in [-0.4, -0.2) is 24.8 Å². The second-order valence-corrected chi connectivity index (χ2v) is 5.17. The van der Waals surface area contributed by atoms with Crippen molar-refractivity contribution in [1.29, 1.82) is 0 Å². The van der Waals surface area contributed by atoms with Crippen molar-refractivity contribution in [2.75, 3.05) is 6.54 Å². The summed E-state index contributed by atoms with van der Waals surface area (Å²) in [5.74, 6) is 7.42. The third-order valence-electron chi connectivity index (χ3n) is 3.94. The lowest BCUT2D eigenvalue weighted by atomic mass is 9.82. The van der Waals surface area contributed by atoms with E-state index in [2.05, 4.69) is 44.9 Å². The van der Waals surface area contributed by atoms with Gasteiger partial charge < -0.3 is 10.1 Å². The van der Waals surface area contributed by atoms with E-state index in [1.54, 1.807) is 0 Å². The van der Waals surface area contributed by atoms with Gasteiger partial charge in [-0.05, 0) is 39.7 Å². The maximum Gasteiger partial charge on any atom is 0.0597 e. The zero-order valence-corrected chi connectivity index (χ0v) is 11.9. The highest BCUT2D eigenvalue weighted by Crippen LogP contribution is 2.35. The van der Waals surface area contributed by atoms with Gasteiger partial charge >= 0.3 is 0 Å². The average molecular weight is 237 g/mol. The van der Waals surface area contributed by atoms with Crippen molar-refractivity contribution in [3.63, 3.8) is 0 Å². The zero-order valence-electron chi connectivity index (χ0n) is 11.9. The van der Waals surface area contributed by atoms with Crippen LogP contribution in [0, 0.1) is 23.7 Å². The van der Waals surface area contributed by atoms with Crippen molar-refractivity contribution in [1.82, 2.24) is 5.32 Å². The molecule has 98 valence electrons. The zero-order chi connectivity index (χ0) is 12.8. The van der Waals surface area contributed by atoms with Gasteiger partial charge in [-0.1, -0.05) is 13.8 Å². The molecule has 5 atom stereocenters. The van der Waals surface area contributed by atoms with E-state index in [9.17, 15) is 0 Å². The van der Waals surface area contributed by atoms with E-state index < -0.39 is 0 Å². The van der Waals surface area contributed by atoms with Crippen molar-refractivity contribution < 1.29 is 4.74 Å². The van der Waals surface area contributed by atoms with Gasteiger partial charge in [-0.15, -0.1) is 11.8 Å². The molecule has 0 bridgehead atoms. The van der Waals surface area contributed by atoms with Gasteiger partial charge in [0.25, 0.3) is 0 Å². The first-order valence-corrected chi connectivity index (χ1v) is 6.90. The van der Waals surface area contributed by atoms with Crippen molar-refractivity contribution in [3.8, 4) is 11.8 Å². The molecule has 0 saturated carbocycles. The first kappa shape index (κ1) is 14.5. The molecule has 0 aliphatic carbocycles. The van der Waals surface area contributed by atoms with Gasteiger partial charge in [0.2, 0.25) is 0 Å². The molecule has 0 spiro atoms. The van der Waals surface area contributed by atoms with E-state index in [1.807, 2.05) is 6.92 Å². The molecule has 0 radical (unpaired) electrons. The van der Waals surface area contributed by atoms with E-state index in [0.29, 0.717) is 30.1 Å². The molecule has 1 aliphatic heterocycles. The Balaban J connectivity index is 2.68. The molecule has 1 rings (SSSR count). The van der Waals surface area contributed by atoms with Crippen molar-refractivity contribution in [2.45, 2.75) is 65.7 Å². The summed E-state index contributed by atoms with van der Waals surface area (Å²) in [6, 6.07) is 0.470. The lowest BCUT2D eigenvalue weighted by Crippen LogP contribution is -2.42. The summed E-state index contributed by atoms with van der Waals surface area (Å²) in [4.78, 5) is 0. The number of hydrogen-bond donors (Lipinski definition) is 1. The molecule has 0 amide bonds. The molecule has 1 N–H and O–H groups in total. The van der Waals surface area contributed by atoms with Gasteiger partial charge in [0.05, 0.1) is 12.2 Å². The summed E-state index contributed by atoms with van der Waals surface area (Å²) in [5.41, 5.74) is 0. The molecular weight excluding hydrogens is 210 g/mol. The van der Waals surface area contributed by atoms with Crippen LogP contribution in [0.3, 0.4) is 0 Å². The normalized spacial score (nSPS) is 34.2. The summed E-state index contributed by atoms with van der Waals surface area (Å²) in [6.07, 6.45) is 2.82. The Labute approximate surface area is 107 Å². The fourth-order valence-electron chi connectivity index (χ4n) is 2.87. The second kappa shape index (κ2) is 7.03. The standard InChI is InChI=1S/C15H27NO/c1-6-8-9-14(16-10-7-2)15-11(3)12(4)17-13(15)5/h11-16H,7,9-10H2,1-5H3. The topological polar surface area (TPSA) is 21.3 Å². The highest BCUT2D eigenvalue weighted by atomic mass is 16.5. The quantitative estimate of drug-likeness (QED) is 0.742. The Hall–Kier alpha value is -0.520. The summed E-state index contributed by atoms with van der Waals surface area (Å²) in [6.45, 7) is 11.9. The molecule has 1 fully saturated rings. The van der Waals surface area contributed by atoms with E-state index in [1.165, 1.54) is 6.42 Å². The van der Waals surface area contributed by atoms with Gasteiger partial charge in [0.15, 0.2) is 0 Å². The molecule has 1 aliphatic rings. The SMILES string of the molecule is CC#CCC(NCCC)C1C(C)OC(C)C1C. The predicted molar refractivity (Wildman–Crippen MR) is 72.8 cm³/mol. The lowest BCUT2D eigenvalue weighted by Gasteiger charge is -2.28. The number of nitrogens with one attached hydrogen (secondary N) is 1. The van der Waals surface area contributed by atoms with E-state index in [0.717, 1.165) is 13.0 Å². The number of rotatable bonds is 5. The lowest BCUT2D eigenvalue weighted by molar-refractivity contribution is 0.0478. The Morgan fingerprint density at radius 1 is 1.24 bits per heavy atom. The van der Waals surface area contributed by atoms with Gasteiger partial charge in [-0.2, -0.15) is 0 Å². The highest BCUT2D eigenvalue weighted by Gasteiger charge is 2.40. The fourth-order valence-corrected chi connectivity index (χ4v) is 2.87. The van der Waals surface area contributed by atoms with Crippen molar-refractivity contribution in [2.24, 2.45) is 11.8 Å². The van der Waals surface area contributed by atoms with Crippen LogP contribution in [-0.2, 0) is 4.74 Å². The Kier molecular flexibility index (Phi) is 6.02. The third kappa shape index (κ3) is 3.72.